The number of benzene rings is 1. The van der Waals surface area contributed by atoms with Crippen LogP contribution in [0.25, 0.3) is 0 Å². The zero-order valence-corrected chi connectivity index (χ0v) is 15.2. The highest BCUT2D eigenvalue weighted by atomic mass is 79.9. The highest BCUT2D eigenvalue weighted by molar-refractivity contribution is 9.10. The molecule has 0 spiro atoms. The van der Waals surface area contributed by atoms with Crippen molar-refractivity contribution in [1.29, 1.82) is 0 Å². The number of nitrogens with one attached hydrogen (secondary N) is 1. The van der Waals surface area contributed by atoms with Gasteiger partial charge in [0, 0.05) is 29.4 Å². The van der Waals surface area contributed by atoms with Crippen molar-refractivity contribution in [3.63, 3.8) is 0 Å². The van der Waals surface area contributed by atoms with Crippen molar-refractivity contribution < 1.29 is 14.6 Å². The minimum Gasteiger partial charge on any atom is -0.481 e. The Hall–Kier alpha value is -2.87. The highest BCUT2D eigenvalue weighted by Crippen LogP contribution is 2.30. The molecule has 0 aliphatic rings. The number of hydrogen-bond acceptors (Lipinski definition) is 4. The second kappa shape index (κ2) is 10.8. The maximum Gasteiger partial charge on any atom is 0.303 e. The molecule has 2 aromatic rings. The first-order valence-corrected chi connectivity index (χ1v) is 8.07. The fourth-order valence-electron chi connectivity index (χ4n) is 1.46. The largest absolute Gasteiger partial charge is 0.481 e. The predicted octanol–water partition coefficient (Wildman–Crippen LogP) is 3.99. The van der Waals surface area contributed by atoms with Crippen LogP contribution in [0.15, 0.2) is 64.8 Å². The number of carboxylic acids is 1. The van der Waals surface area contributed by atoms with Crippen LogP contribution in [0.2, 0.25) is 0 Å². The molecule has 25 heavy (non-hydrogen) atoms. The first-order chi connectivity index (χ1) is 12.0. The summed E-state index contributed by atoms with van der Waals surface area (Å²) in [5.41, 5.74) is 5.68. The molecule has 0 fully saturated rings. The van der Waals surface area contributed by atoms with E-state index in [1.165, 1.54) is 6.20 Å². The van der Waals surface area contributed by atoms with Crippen molar-refractivity contribution in [2.75, 3.05) is 5.32 Å². The minimum absolute atomic E-state index is 0.188. The van der Waals surface area contributed by atoms with Gasteiger partial charge in [0.05, 0.1) is 0 Å². The van der Waals surface area contributed by atoms with Crippen LogP contribution in [0.1, 0.15) is 13.3 Å². The van der Waals surface area contributed by atoms with E-state index >= 15 is 0 Å². The summed E-state index contributed by atoms with van der Waals surface area (Å²) in [5, 5.41) is 10.6. The molecule has 7 nitrogen and oxygen atoms in total. The van der Waals surface area contributed by atoms with Crippen molar-refractivity contribution in [1.82, 2.24) is 4.98 Å². The van der Waals surface area contributed by atoms with Gasteiger partial charge in [-0.05, 0) is 28.1 Å². The summed E-state index contributed by atoms with van der Waals surface area (Å²) < 4.78 is 6.58. The zero-order chi connectivity index (χ0) is 18.7. The quantitative estimate of drug-likeness (QED) is 0.511. The highest BCUT2D eigenvalue weighted by Gasteiger charge is 2.08. The summed E-state index contributed by atoms with van der Waals surface area (Å²) in [5.74, 6) is 1.15. The van der Waals surface area contributed by atoms with E-state index < -0.39 is 5.97 Å². The van der Waals surface area contributed by atoms with Crippen molar-refractivity contribution in [3.8, 4) is 11.5 Å². The number of nitrogens with zero attached hydrogens (tertiary/aromatic N) is 2. The number of guanidine groups is 1. The van der Waals surface area contributed by atoms with Crippen LogP contribution in [0.3, 0.4) is 0 Å². The van der Waals surface area contributed by atoms with Crippen LogP contribution in [-0.2, 0) is 4.79 Å². The van der Waals surface area contributed by atoms with Gasteiger partial charge < -0.3 is 20.9 Å². The molecular weight excluding hydrogens is 388 g/mol. The van der Waals surface area contributed by atoms with E-state index in [9.17, 15) is 4.79 Å². The van der Waals surface area contributed by atoms with E-state index in [1.807, 2.05) is 30.3 Å². The number of aliphatic carboxylic acids is 1. The Morgan fingerprint density at radius 1 is 1.48 bits per heavy atom. The number of hydrogen-bond donors (Lipinski definition) is 3. The second-order valence-corrected chi connectivity index (χ2v) is 5.40. The van der Waals surface area contributed by atoms with Gasteiger partial charge in [-0.1, -0.05) is 31.7 Å². The molecule has 0 unspecified atom stereocenters. The number of carboxylic acid groups (broad SMARTS) is 1. The third-order valence-electron chi connectivity index (χ3n) is 2.57. The van der Waals surface area contributed by atoms with Gasteiger partial charge in [-0.3, -0.25) is 4.79 Å². The molecular formula is C17H19BrN4O3. The zero-order valence-electron chi connectivity index (χ0n) is 13.6. The van der Waals surface area contributed by atoms with Crippen LogP contribution in [-0.4, -0.2) is 22.0 Å². The number of nitrogens with two attached hydrogens (primary N) is 1. The average Bonchev–Trinajstić information content (AvgIpc) is 2.59. The topological polar surface area (TPSA) is 110 Å². The van der Waals surface area contributed by atoms with E-state index in [-0.39, 0.29) is 12.4 Å². The molecule has 0 saturated heterocycles. The van der Waals surface area contributed by atoms with Gasteiger partial charge in [-0.25, -0.2) is 9.98 Å². The molecule has 132 valence electrons. The van der Waals surface area contributed by atoms with Crippen molar-refractivity contribution in [2.24, 2.45) is 10.7 Å². The smallest absolute Gasteiger partial charge is 0.303 e. The van der Waals surface area contributed by atoms with Gasteiger partial charge in [0.15, 0.2) is 17.5 Å². The molecule has 0 atom stereocenters. The molecule has 4 N–H and O–H groups in total. The van der Waals surface area contributed by atoms with Crippen LogP contribution >= 0.6 is 15.9 Å². The number of pyridine rings is 1. The van der Waals surface area contributed by atoms with Crippen molar-refractivity contribution in [3.05, 3.63) is 59.8 Å². The maximum absolute atomic E-state index is 9.37. The van der Waals surface area contributed by atoms with Gasteiger partial charge in [-0.2, -0.15) is 0 Å². The van der Waals surface area contributed by atoms with Crippen LogP contribution in [0.5, 0.6) is 11.5 Å². The van der Waals surface area contributed by atoms with E-state index in [1.54, 1.807) is 19.2 Å². The maximum atomic E-state index is 9.37. The lowest BCUT2D eigenvalue weighted by atomic mass is 10.3. The van der Waals surface area contributed by atoms with E-state index in [2.05, 4.69) is 37.8 Å². The number of aliphatic imine (C=N–C) groups is 1. The van der Waals surface area contributed by atoms with Crippen molar-refractivity contribution >= 4 is 33.7 Å². The van der Waals surface area contributed by atoms with Crippen LogP contribution in [0.4, 0.5) is 5.82 Å². The van der Waals surface area contributed by atoms with Gasteiger partial charge in [0.1, 0.15) is 5.75 Å². The van der Waals surface area contributed by atoms with Crippen molar-refractivity contribution in [2.45, 2.75) is 13.3 Å². The Labute approximate surface area is 154 Å². The van der Waals surface area contributed by atoms with E-state index in [0.29, 0.717) is 17.3 Å². The molecule has 8 heteroatoms. The molecule has 0 saturated carbocycles. The molecule has 1 aromatic carbocycles. The van der Waals surface area contributed by atoms with E-state index in [0.717, 1.165) is 4.47 Å². The van der Waals surface area contributed by atoms with Gasteiger partial charge >= 0.3 is 5.97 Å². The molecule has 0 aliphatic carbocycles. The Bertz CT molecular complexity index is 736. The number of anilines is 1. The number of carbonyl (C=O) groups is 1. The Morgan fingerprint density at radius 2 is 2.12 bits per heavy atom. The number of ether oxygens (including phenoxy) is 1. The van der Waals surface area contributed by atoms with Gasteiger partial charge in [0.25, 0.3) is 0 Å². The van der Waals surface area contributed by atoms with E-state index in [4.69, 9.17) is 15.6 Å². The van der Waals surface area contributed by atoms with Gasteiger partial charge in [-0.15, -0.1) is 0 Å². The molecule has 0 bridgehead atoms. The fraction of sp³-hybridized carbons (Fsp3) is 0.118. The number of halogens is 1. The SMILES string of the molecule is C=CN=C(N)Nc1ncc(Br)cc1Oc1ccccc1.CCC(=O)O. The molecule has 0 amide bonds. The lowest BCUT2D eigenvalue weighted by molar-refractivity contribution is -0.136. The number of para-hydroxylation sites is 1. The second-order valence-electron chi connectivity index (χ2n) is 4.48. The normalized spacial score (nSPS) is 10.2. The summed E-state index contributed by atoms with van der Waals surface area (Å²) in [6.07, 6.45) is 3.21. The third-order valence-corrected chi connectivity index (χ3v) is 3.00. The summed E-state index contributed by atoms with van der Waals surface area (Å²) in [4.78, 5) is 17.4. The van der Waals surface area contributed by atoms with Crippen LogP contribution in [0, 0.1) is 0 Å². The lowest BCUT2D eigenvalue weighted by Gasteiger charge is -2.11. The molecule has 1 heterocycles. The summed E-state index contributed by atoms with van der Waals surface area (Å²) in [6, 6.07) is 11.2. The summed E-state index contributed by atoms with van der Waals surface area (Å²) in [6.45, 7) is 5.08. The van der Waals surface area contributed by atoms with Gasteiger partial charge in [0.2, 0.25) is 0 Å². The average molecular weight is 407 g/mol. The minimum atomic E-state index is -0.745. The molecule has 0 aliphatic heterocycles. The first kappa shape index (κ1) is 20.2. The fourth-order valence-corrected chi connectivity index (χ4v) is 1.77. The molecule has 2 rings (SSSR count). The number of aromatic nitrogens is 1. The monoisotopic (exact) mass is 406 g/mol. The summed E-state index contributed by atoms with van der Waals surface area (Å²) >= 11 is 3.36. The Morgan fingerprint density at radius 3 is 2.68 bits per heavy atom. The predicted molar refractivity (Wildman–Crippen MR) is 102 cm³/mol. The molecule has 0 radical (unpaired) electrons. The lowest BCUT2D eigenvalue weighted by Crippen LogP contribution is -2.22. The molecule has 1 aromatic heterocycles. The number of rotatable bonds is 5. The van der Waals surface area contributed by atoms with Crippen LogP contribution < -0.4 is 15.8 Å². The summed E-state index contributed by atoms with van der Waals surface area (Å²) in [7, 11) is 0. The third kappa shape index (κ3) is 7.98. The first-order valence-electron chi connectivity index (χ1n) is 7.27. The standard InChI is InChI=1S/C14H13BrN4O.C3H6O2/c1-2-17-14(16)19-13-12(8-10(15)9-18-13)20-11-6-4-3-5-7-11;1-2-3(4)5/h2-9H,1H2,(H3,16,17,18,19);2H2,1H3,(H,4,5). The Kier molecular flexibility index (Phi) is 8.73. The Balaban J connectivity index is 0.000000550.